The summed E-state index contributed by atoms with van der Waals surface area (Å²) >= 11 is 0. The number of rotatable bonds is 3. The maximum Gasteiger partial charge on any atom is 0.123 e. The van der Waals surface area contributed by atoms with E-state index < -0.39 is 0 Å². The predicted molar refractivity (Wildman–Crippen MR) is 52.0 cm³/mol. The van der Waals surface area contributed by atoms with Crippen LogP contribution in [0, 0.1) is 5.92 Å². The Balaban J connectivity index is 2.48. The van der Waals surface area contributed by atoms with Gasteiger partial charge < -0.3 is 11.1 Å². The lowest BCUT2D eigenvalue weighted by atomic mass is 10.2. The number of nitrogens with zero attached hydrogens (tertiary/aromatic N) is 1. The number of nitrogens with one attached hydrogen (secondary N) is 1. The zero-order valence-corrected chi connectivity index (χ0v) is 7.54. The van der Waals surface area contributed by atoms with Crippen molar-refractivity contribution in [1.82, 2.24) is 4.98 Å². The first-order valence-corrected chi connectivity index (χ1v) is 4.14. The Kier molecular flexibility index (Phi) is 2.91. The van der Waals surface area contributed by atoms with Crippen LogP contribution in [0.4, 0.5) is 11.5 Å². The van der Waals surface area contributed by atoms with Gasteiger partial charge in [-0.05, 0) is 18.1 Å². The molecule has 1 aromatic heterocycles. The maximum atomic E-state index is 5.44. The lowest BCUT2D eigenvalue weighted by Crippen LogP contribution is -2.08. The van der Waals surface area contributed by atoms with Crippen LogP contribution in [0.1, 0.15) is 13.8 Å². The quantitative estimate of drug-likeness (QED) is 0.717. The van der Waals surface area contributed by atoms with E-state index in [2.05, 4.69) is 24.1 Å². The van der Waals surface area contributed by atoms with Gasteiger partial charge in [0.15, 0.2) is 0 Å². The van der Waals surface area contributed by atoms with Crippen molar-refractivity contribution >= 4 is 11.5 Å². The molecule has 0 aliphatic heterocycles. The van der Waals surface area contributed by atoms with E-state index in [0.717, 1.165) is 12.2 Å². The van der Waals surface area contributed by atoms with Gasteiger partial charge in [0.05, 0.1) is 11.9 Å². The van der Waals surface area contributed by atoms with Gasteiger partial charge in [-0.25, -0.2) is 4.98 Å². The smallest absolute Gasteiger partial charge is 0.123 e. The highest BCUT2D eigenvalue weighted by molar-refractivity contribution is 5.45. The summed E-state index contributed by atoms with van der Waals surface area (Å²) in [4.78, 5) is 3.97. The van der Waals surface area contributed by atoms with Gasteiger partial charge in [0.2, 0.25) is 0 Å². The third-order valence-corrected chi connectivity index (χ3v) is 1.50. The highest BCUT2D eigenvalue weighted by Gasteiger charge is 1.94. The number of anilines is 2. The molecule has 3 nitrogen and oxygen atoms in total. The van der Waals surface area contributed by atoms with Gasteiger partial charge in [0.25, 0.3) is 0 Å². The van der Waals surface area contributed by atoms with Crippen LogP contribution < -0.4 is 11.1 Å². The van der Waals surface area contributed by atoms with Gasteiger partial charge in [-0.1, -0.05) is 13.8 Å². The zero-order chi connectivity index (χ0) is 8.97. The first-order valence-electron chi connectivity index (χ1n) is 4.14. The standard InChI is InChI=1S/C9H15N3/c1-7(2)5-11-8-3-4-9(10)12-6-8/h3-4,6-7,11H,5H2,1-2H3,(H2,10,12). The SMILES string of the molecule is CC(C)CNc1ccc(N)nc1. The average Bonchev–Trinajstić information content (AvgIpc) is 2.03. The van der Waals surface area contributed by atoms with Crippen LogP contribution in [0.15, 0.2) is 18.3 Å². The normalized spacial score (nSPS) is 10.2. The molecule has 1 rings (SSSR count). The summed E-state index contributed by atoms with van der Waals surface area (Å²) in [6.45, 7) is 5.29. The molecule has 0 saturated carbocycles. The Morgan fingerprint density at radius 2 is 2.25 bits per heavy atom. The van der Waals surface area contributed by atoms with Crippen LogP contribution in [-0.4, -0.2) is 11.5 Å². The topological polar surface area (TPSA) is 50.9 Å². The van der Waals surface area contributed by atoms with Crippen molar-refractivity contribution < 1.29 is 0 Å². The number of aromatic nitrogens is 1. The minimum Gasteiger partial charge on any atom is -0.384 e. The molecule has 0 amide bonds. The Bertz CT molecular complexity index is 228. The molecule has 0 aliphatic rings. The summed E-state index contributed by atoms with van der Waals surface area (Å²) in [7, 11) is 0. The average molecular weight is 165 g/mol. The molecule has 3 heteroatoms. The number of hydrogen-bond donors (Lipinski definition) is 2. The van der Waals surface area contributed by atoms with Crippen LogP contribution in [-0.2, 0) is 0 Å². The van der Waals surface area contributed by atoms with Gasteiger partial charge in [-0.2, -0.15) is 0 Å². The fourth-order valence-electron chi connectivity index (χ4n) is 0.832. The Hall–Kier alpha value is -1.25. The van der Waals surface area contributed by atoms with E-state index in [1.54, 1.807) is 12.3 Å². The molecule has 12 heavy (non-hydrogen) atoms. The fraction of sp³-hybridized carbons (Fsp3) is 0.444. The van der Waals surface area contributed by atoms with Crippen molar-refractivity contribution in [2.45, 2.75) is 13.8 Å². The molecule has 1 aromatic rings. The van der Waals surface area contributed by atoms with Gasteiger partial charge in [-0.15, -0.1) is 0 Å². The first-order chi connectivity index (χ1) is 5.68. The summed E-state index contributed by atoms with van der Waals surface area (Å²) < 4.78 is 0. The second-order valence-electron chi connectivity index (χ2n) is 3.25. The third-order valence-electron chi connectivity index (χ3n) is 1.50. The second kappa shape index (κ2) is 3.95. The zero-order valence-electron chi connectivity index (χ0n) is 7.54. The van der Waals surface area contributed by atoms with Gasteiger partial charge in [0, 0.05) is 6.54 Å². The van der Waals surface area contributed by atoms with E-state index in [1.165, 1.54) is 0 Å². The number of nitrogen functional groups attached to an aromatic ring is 1. The molecule has 0 aliphatic carbocycles. The maximum absolute atomic E-state index is 5.44. The van der Waals surface area contributed by atoms with Crippen molar-refractivity contribution in [3.05, 3.63) is 18.3 Å². The van der Waals surface area contributed by atoms with E-state index in [1.807, 2.05) is 6.07 Å². The molecule has 0 atom stereocenters. The van der Waals surface area contributed by atoms with Crippen LogP contribution >= 0.6 is 0 Å². The highest BCUT2D eigenvalue weighted by Crippen LogP contribution is 2.07. The molecule has 0 saturated heterocycles. The Labute approximate surface area is 73.0 Å². The minimum atomic E-state index is 0.560. The van der Waals surface area contributed by atoms with E-state index in [-0.39, 0.29) is 0 Å². The fourth-order valence-corrected chi connectivity index (χ4v) is 0.832. The molecule has 0 bridgehead atoms. The molecular weight excluding hydrogens is 150 g/mol. The van der Waals surface area contributed by atoms with Crippen molar-refractivity contribution in [2.75, 3.05) is 17.6 Å². The van der Waals surface area contributed by atoms with Crippen molar-refractivity contribution in [2.24, 2.45) is 5.92 Å². The minimum absolute atomic E-state index is 0.560. The lowest BCUT2D eigenvalue weighted by Gasteiger charge is -2.07. The van der Waals surface area contributed by atoms with Crippen molar-refractivity contribution in [3.63, 3.8) is 0 Å². The van der Waals surface area contributed by atoms with Crippen LogP contribution in [0.25, 0.3) is 0 Å². The summed E-state index contributed by atoms with van der Waals surface area (Å²) in [6, 6.07) is 3.73. The van der Waals surface area contributed by atoms with E-state index in [0.29, 0.717) is 11.7 Å². The Morgan fingerprint density at radius 3 is 2.75 bits per heavy atom. The van der Waals surface area contributed by atoms with Crippen LogP contribution in [0.3, 0.4) is 0 Å². The van der Waals surface area contributed by atoms with Gasteiger partial charge in [0.1, 0.15) is 5.82 Å². The first kappa shape index (κ1) is 8.84. The van der Waals surface area contributed by atoms with Crippen LogP contribution in [0.5, 0.6) is 0 Å². The summed E-state index contributed by atoms with van der Waals surface area (Å²) in [5.41, 5.74) is 6.47. The third kappa shape index (κ3) is 2.78. The molecular formula is C9H15N3. The summed E-state index contributed by atoms with van der Waals surface area (Å²) in [5.74, 6) is 1.20. The summed E-state index contributed by atoms with van der Waals surface area (Å²) in [6.07, 6.45) is 1.75. The van der Waals surface area contributed by atoms with E-state index in [4.69, 9.17) is 5.73 Å². The van der Waals surface area contributed by atoms with E-state index >= 15 is 0 Å². The number of nitrogens with two attached hydrogens (primary N) is 1. The van der Waals surface area contributed by atoms with Crippen LogP contribution in [0.2, 0.25) is 0 Å². The predicted octanol–water partition coefficient (Wildman–Crippen LogP) is 1.73. The van der Waals surface area contributed by atoms with E-state index in [9.17, 15) is 0 Å². The summed E-state index contributed by atoms with van der Waals surface area (Å²) in [5, 5.41) is 3.25. The van der Waals surface area contributed by atoms with Crippen molar-refractivity contribution in [3.8, 4) is 0 Å². The lowest BCUT2D eigenvalue weighted by molar-refractivity contribution is 0.689. The molecule has 3 N–H and O–H groups in total. The highest BCUT2D eigenvalue weighted by atomic mass is 14.9. The largest absolute Gasteiger partial charge is 0.384 e. The van der Waals surface area contributed by atoms with Gasteiger partial charge in [-0.3, -0.25) is 0 Å². The number of pyridine rings is 1. The number of hydrogen-bond acceptors (Lipinski definition) is 3. The van der Waals surface area contributed by atoms with Crippen molar-refractivity contribution in [1.29, 1.82) is 0 Å². The second-order valence-corrected chi connectivity index (χ2v) is 3.25. The molecule has 0 spiro atoms. The van der Waals surface area contributed by atoms with Gasteiger partial charge >= 0.3 is 0 Å². The molecule has 0 aromatic carbocycles. The monoisotopic (exact) mass is 165 g/mol. The molecule has 0 unspecified atom stereocenters. The molecule has 0 radical (unpaired) electrons. The Morgan fingerprint density at radius 1 is 1.50 bits per heavy atom. The molecule has 0 fully saturated rings. The molecule has 1 heterocycles. The molecule has 66 valence electrons.